The summed E-state index contributed by atoms with van der Waals surface area (Å²) in [6.45, 7) is 2.42. The number of nitrogens with two attached hydrogens (primary N) is 2. The number of carboxylic acid groups (broad SMARTS) is 1. The summed E-state index contributed by atoms with van der Waals surface area (Å²) in [5.41, 5.74) is 8.11. The standard InChI is InChI=1S/C24H31N11O7S3/c1-23(2,20(39)30-26)42-31-15(12-7-43-22(25)28-12)17(37)29-16-18(38)34-8-24(21(40)41,10-45-19(16)34)9-44-14-4-11(6-36)27-13-5-33(3)32-35(13)14/h4-5,7,16,19,32,36H,6,8-10,26H2,1-3H3,(H2,25,28)(H,29,37)(H,30,39)(H,40,41)/t16?,19-,24?/m1/s1. The maximum atomic E-state index is 13.4. The molecule has 2 saturated heterocycles. The van der Waals surface area contributed by atoms with E-state index in [1.54, 1.807) is 29.3 Å². The maximum Gasteiger partial charge on any atom is 0.313 e. The minimum absolute atomic E-state index is 0.0719. The first-order chi connectivity index (χ1) is 21.3. The van der Waals surface area contributed by atoms with Crippen LogP contribution in [0.5, 0.6) is 0 Å². The van der Waals surface area contributed by atoms with Crippen LogP contribution < -0.4 is 27.9 Å². The lowest BCUT2D eigenvalue weighted by molar-refractivity contribution is -0.157. The van der Waals surface area contributed by atoms with Crippen LogP contribution in [0.2, 0.25) is 0 Å². The van der Waals surface area contributed by atoms with Crippen molar-refractivity contribution in [1.29, 1.82) is 0 Å². The van der Waals surface area contributed by atoms with E-state index in [0.717, 1.165) is 11.3 Å². The molecule has 5 heterocycles. The van der Waals surface area contributed by atoms with E-state index in [1.165, 1.54) is 47.7 Å². The Kier molecular flexibility index (Phi) is 9.01. The lowest BCUT2D eigenvalue weighted by Gasteiger charge is -2.53. The lowest BCUT2D eigenvalue weighted by Crippen LogP contribution is -2.74. The Balaban J connectivity index is 1.27. The summed E-state index contributed by atoms with van der Waals surface area (Å²) >= 11 is 3.56. The van der Waals surface area contributed by atoms with Crippen LogP contribution in [0.1, 0.15) is 19.5 Å². The molecule has 21 heteroatoms. The normalized spacial score (nSPS) is 24.6. The Labute approximate surface area is 268 Å². The van der Waals surface area contributed by atoms with Gasteiger partial charge in [0.2, 0.25) is 11.5 Å². The molecular weight excluding hydrogens is 651 g/mol. The number of nitrogen functional groups attached to an aromatic ring is 1. The van der Waals surface area contributed by atoms with E-state index >= 15 is 0 Å². The van der Waals surface area contributed by atoms with Crippen molar-refractivity contribution in [2.45, 2.75) is 30.9 Å². The highest BCUT2D eigenvalue weighted by Crippen LogP contribution is 2.45. The van der Waals surface area contributed by atoms with Gasteiger partial charge in [0, 0.05) is 30.5 Å². The monoisotopic (exact) mass is 681 g/mol. The van der Waals surface area contributed by atoms with Gasteiger partial charge in [0.25, 0.3) is 11.8 Å². The largest absolute Gasteiger partial charge is 0.481 e. The van der Waals surface area contributed by atoms with Crippen molar-refractivity contribution < 1.29 is 34.2 Å². The third-order valence-corrected chi connectivity index (χ3v) is 10.7. The van der Waals surface area contributed by atoms with E-state index in [0.29, 0.717) is 16.6 Å². The predicted molar refractivity (Wildman–Crippen MR) is 166 cm³/mol. The summed E-state index contributed by atoms with van der Waals surface area (Å²) in [4.78, 5) is 66.4. The lowest BCUT2D eigenvalue weighted by atomic mass is 9.89. The van der Waals surface area contributed by atoms with Gasteiger partial charge in [-0.15, -0.1) is 40.4 Å². The van der Waals surface area contributed by atoms with Gasteiger partial charge in [-0.1, -0.05) is 5.16 Å². The van der Waals surface area contributed by atoms with Crippen molar-refractivity contribution in [3.8, 4) is 0 Å². The molecule has 2 fully saturated rings. The van der Waals surface area contributed by atoms with Gasteiger partial charge in [0.05, 0.1) is 23.5 Å². The van der Waals surface area contributed by atoms with Gasteiger partial charge in [0.15, 0.2) is 16.7 Å². The number of rotatable bonds is 11. The van der Waals surface area contributed by atoms with Gasteiger partial charge >= 0.3 is 5.97 Å². The van der Waals surface area contributed by atoms with Crippen molar-refractivity contribution >= 4 is 75.1 Å². The quantitative estimate of drug-likeness (QED) is 0.0446. The van der Waals surface area contributed by atoms with Crippen LogP contribution in [-0.4, -0.2) is 114 Å². The van der Waals surface area contributed by atoms with Crippen LogP contribution in [0.3, 0.4) is 0 Å². The van der Waals surface area contributed by atoms with Crippen LogP contribution in [0.25, 0.3) is 0 Å². The second kappa shape index (κ2) is 12.5. The highest BCUT2D eigenvalue weighted by Gasteiger charge is 2.57. The van der Waals surface area contributed by atoms with E-state index < -0.39 is 46.1 Å². The van der Waals surface area contributed by atoms with Gasteiger partial charge in [-0.05, 0) is 19.9 Å². The number of aliphatic imine (C=N–C) groups is 1. The van der Waals surface area contributed by atoms with Gasteiger partial charge in [0.1, 0.15) is 22.5 Å². The fourth-order valence-corrected chi connectivity index (χ4v) is 8.03. The third-order valence-electron chi connectivity index (χ3n) is 7.13. The van der Waals surface area contributed by atoms with Gasteiger partial charge in [-0.2, -0.15) is 0 Å². The van der Waals surface area contributed by atoms with Gasteiger partial charge in [-0.3, -0.25) is 29.6 Å². The molecule has 2 unspecified atom stereocenters. The summed E-state index contributed by atoms with van der Waals surface area (Å²) in [6.07, 6.45) is 3.40. The number of aliphatic hydroxyl groups excluding tert-OH is 1. The van der Waals surface area contributed by atoms with E-state index in [1.807, 2.05) is 5.43 Å². The Morgan fingerprint density at radius 2 is 2.13 bits per heavy atom. The maximum absolute atomic E-state index is 13.4. The first-order valence-electron chi connectivity index (χ1n) is 13.3. The number of nitrogens with zero attached hydrogens (tertiary/aromatic N) is 6. The van der Waals surface area contributed by atoms with Crippen molar-refractivity contribution in [3.63, 3.8) is 0 Å². The smallest absolute Gasteiger partial charge is 0.313 e. The Morgan fingerprint density at radius 3 is 2.78 bits per heavy atom. The zero-order valence-electron chi connectivity index (χ0n) is 24.2. The first-order valence-corrected chi connectivity index (χ1v) is 16.2. The Morgan fingerprint density at radius 1 is 1.38 bits per heavy atom. The van der Waals surface area contributed by atoms with E-state index in [4.69, 9.17) is 16.4 Å². The number of aliphatic hydroxyl groups is 1. The summed E-state index contributed by atoms with van der Waals surface area (Å²) in [5, 5.41) is 31.6. The van der Waals surface area contributed by atoms with Crippen LogP contribution in [0.4, 0.5) is 5.13 Å². The molecule has 4 aliphatic heterocycles. The molecule has 0 radical (unpaired) electrons. The number of nitrogens with one attached hydrogen (secondary N) is 3. The second-order valence-electron chi connectivity index (χ2n) is 10.9. The number of aliphatic carboxylic acids is 1. The van der Waals surface area contributed by atoms with Crippen molar-refractivity contribution in [2.24, 2.45) is 21.4 Å². The number of thioether (sulfide) groups is 2. The molecule has 242 valence electrons. The molecule has 5 rings (SSSR count). The third kappa shape index (κ3) is 6.31. The molecule has 0 saturated carbocycles. The number of hydrogen-bond acceptors (Lipinski definition) is 17. The van der Waals surface area contributed by atoms with Crippen LogP contribution in [0, 0.1) is 5.41 Å². The number of β-lactam (4-membered cyclic amide) rings is 1. The Bertz CT molecular complexity index is 1540. The zero-order chi connectivity index (χ0) is 32.7. The summed E-state index contributed by atoms with van der Waals surface area (Å²) in [6, 6.07) is -0.968. The molecule has 0 aliphatic carbocycles. The summed E-state index contributed by atoms with van der Waals surface area (Å²) in [5.74, 6) is 3.00. The fraction of sp³-hybridized carbons (Fsp3) is 0.458. The second-order valence-corrected chi connectivity index (χ2v) is 13.8. The number of hydrogen-bond donors (Lipinski definition) is 7. The van der Waals surface area contributed by atoms with Gasteiger partial charge in [-0.25, -0.2) is 20.8 Å². The van der Waals surface area contributed by atoms with Crippen LogP contribution in [0.15, 0.2) is 38.7 Å². The molecule has 1 aromatic rings. The minimum atomic E-state index is -1.54. The van der Waals surface area contributed by atoms with Gasteiger partial charge < -0.3 is 31.0 Å². The highest BCUT2D eigenvalue weighted by molar-refractivity contribution is 8.03. The van der Waals surface area contributed by atoms with E-state index in [-0.39, 0.29) is 41.2 Å². The molecule has 0 bridgehead atoms. The number of oxime groups is 1. The number of thiazole rings is 1. The van der Waals surface area contributed by atoms with Crippen LogP contribution >= 0.6 is 34.9 Å². The number of carboxylic acids is 1. The summed E-state index contributed by atoms with van der Waals surface area (Å²) in [7, 11) is 1.78. The Hall–Kier alpha value is -3.89. The first kappa shape index (κ1) is 32.5. The number of carbonyl (C=O) groups is 4. The number of fused-ring (bicyclic) bond motifs is 2. The molecule has 45 heavy (non-hydrogen) atoms. The number of anilines is 1. The molecule has 18 nitrogen and oxygen atoms in total. The molecule has 9 N–H and O–H groups in total. The molecule has 4 aliphatic rings. The molecule has 0 spiro atoms. The SMILES string of the molecule is CN1C=C2N=C(CO)C=C(SCC3(C(=O)O)CS[C@@H]4C(NC(=O)C(=NOC(C)(C)C(=O)NN)c5csc(N)n5)C(=O)N4C3)N2N1. The van der Waals surface area contributed by atoms with Crippen molar-refractivity contribution in [1.82, 2.24) is 36.2 Å². The predicted octanol–water partition coefficient (Wildman–Crippen LogP) is -1.83. The number of hydrazine groups is 3. The fourth-order valence-electron chi connectivity index (χ4n) is 4.59. The highest BCUT2D eigenvalue weighted by atomic mass is 32.2. The number of carbonyl (C=O) groups excluding carboxylic acids is 3. The number of amides is 3. The molecule has 0 aromatic carbocycles. The van der Waals surface area contributed by atoms with E-state index in [9.17, 15) is 29.4 Å². The van der Waals surface area contributed by atoms with E-state index in [2.05, 4.69) is 26.0 Å². The summed E-state index contributed by atoms with van der Waals surface area (Å²) < 4.78 is 0. The topological polar surface area (TPSA) is 253 Å². The molecule has 1 aromatic heterocycles. The minimum Gasteiger partial charge on any atom is -0.481 e. The molecule has 3 atom stereocenters. The van der Waals surface area contributed by atoms with Crippen molar-refractivity contribution in [2.75, 3.05) is 37.4 Å². The molecular formula is C24H31N11O7S3. The zero-order valence-corrected chi connectivity index (χ0v) is 26.7. The average molecular weight is 682 g/mol. The van der Waals surface area contributed by atoms with Crippen molar-refractivity contribution in [3.05, 3.63) is 34.2 Å². The number of aromatic nitrogens is 1. The average Bonchev–Trinajstić information content (AvgIpc) is 3.61. The van der Waals surface area contributed by atoms with Crippen LogP contribution in [-0.2, 0) is 24.0 Å². The molecule has 3 amide bonds.